The zero-order chi connectivity index (χ0) is 35.7. The highest BCUT2D eigenvalue weighted by atomic mass is 15.1. The summed E-state index contributed by atoms with van der Waals surface area (Å²) in [5.41, 5.74) is 15.3. The third-order valence-corrected chi connectivity index (χ3v) is 12.0. The minimum absolute atomic E-state index is 0.669. The van der Waals surface area contributed by atoms with Crippen LogP contribution in [0.5, 0.6) is 0 Å². The first-order valence-electron chi connectivity index (χ1n) is 18.5. The highest BCUT2D eigenvalue weighted by Gasteiger charge is 2.54. The molecule has 252 valence electrons. The van der Waals surface area contributed by atoms with Crippen molar-refractivity contribution in [3.8, 4) is 17.1 Å². The number of allylic oxidation sites excluding steroid dienone is 4. The molecule has 54 heavy (non-hydrogen) atoms. The molecular formula is C50H32N4. The Kier molecular flexibility index (Phi) is 5.70. The van der Waals surface area contributed by atoms with E-state index in [0.29, 0.717) is 0 Å². The summed E-state index contributed by atoms with van der Waals surface area (Å²) in [5, 5.41) is 4.95. The van der Waals surface area contributed by atoms with Crippen molar-refractivity contribution in [2.45, 2.75) is 5.41 Å². The fraction of sp³-hybridized carbons (Fsp3) is 0.0200. The molecule has 7 aromatic carbocycles. The molecule has 0 amide bonds. The Morgan fingerprint density at radius 3 is 1.81 bits per heavy atom. The Hall–Kier alpha value is -7.17. The molecule has 0 N–H and O–H groups in total. The summed E-state index contributed by atoms with van der Waals surface area (Å²) >= 11 is 0. The lowest BCUT2D eigenvalue weighted by Gasteiger charge is -2.28. The van der Waals surface area contributed by atoms with Crippen LogP contribution in [0.2, 0.25) is 0 Å². The number of para-hydroxylation sites is 5. The van der Waals surface area contributed by atoms with Gasteiger partial charge in [0, 0.05) is 38.5 Å². The van der Waals surface area contributed by atoms with Gasteiger partial charge in [0.25, 0.3) is 0 Å². The van der Waals surface area contributed by atoms with Gasteiger partial charge in [0.05, 0.1) is 38.8 Å². The average molecular weight is 689 g/mol. The van der Waals surface area contributed by atoms with Gasteiger partial charge in [0.1, 0.15) is 11.2 Å². The topological polar surface area (TPSA) is 27.7 Å². The lowest BCUT2D eigenvalue weighted by atomic mass is 9.72. The van der Waals surface area contributed by atoms with Gasteiger partial charge in [-0.15, -0.1) is 0 Å². The molecule has 0 bridgehead atoms. The monoisotopic (exact) mass is 688 g/mol. The van der Waals surface area contributed by atoms with Crippen LogP contribution in [0.3, 0.4) is 0 Å². The highest BCUT2D eigenvalue weighted by Crippen LogP contribution is 2.60. The minimum Gasteiger partial charge on any atom is -0.309 e. The summed E-state index contributed by atoms with van der Waals surface area (Å²) in [7, 11) is 0. The van der Waals surface area contributed by atoms with Gasteiger partial charge >= 0.3 is 0 Å². The number of aromatic nitrogens is 4. The number of fused-ring (bicyclic) bond motifs is 15. The van der Waals surface area contributed by atoms with Crippen molar-refractivity contribution in [1.82, 2.24) is 18.7 Å². The van der Waals surface area contributed by atoms with Crippen molar-refractivity contribution in [3.63, 3.8) is 0 Å². The van der Waals surface area contributed by atoms with Crippen molar-refractivity contribution in [2.75, 3.05) is 0 Å². The number of hydrogen-bond acceptors (Lipinski definition) is 1. The second-order valence-corrected chi connectivity index (χ2v) is 14.4. The molecule has 4 nitrogen and oxygen atoms in total. The van der Waals surface area contributed by atoms with E-state index < -0.39 is 5.41 Å². The van der Waals surface area contributed by atoms with E-state index in [-0.39, 0.29) is 0 Å². The predicted octanol–water partition coefficient (Wildman–Crippen LogP) is 12.0. The molecule has 1 spiro atoms. The zero-order valence-electron chi connectivity index (χ0n) is 29.4. The second kappa shape index (κ2) is 10.5. The predicted molar refractivity (Wildman–Crippen MR) is 223 cm³/mol. The maximum atomic E-state index is 5.43. The van der Waals surface area contributed by atoms with E-state index in [4.69, 9.17) is 4.98 Å². The summed E-state index contributed by atoms with van der Waals surface area (Å²) < 4.78 is 7.23. The van der Waals surface area contributed by atoms with Crippen LogP contribution in [0.4, 0.5) is 0 Å². The van der Waals surface area contributed by atoms with Crippen LogP contribution in [0.15, 0.2) is 189 Å². The summed E-state index contributed by atoms with van der Waals surface area (Å²) in [4.78, 5) is 5.43. The van der Waals surface area contributed by atoms with Gasteiger partial charge in [-0.05, 0) is 89.0 Å². The van der Waals surface area contributed by atoms with Gasteiger partial charge in [0.15, 0.2) is 0 Å². The van der Waals surface area contributed by atoms with Crippen molar-refractivity contribution >= 4 is 60.2 Å². The van der Waals surface area contributed by atoms with E-state index in [0.717, 1.165) is 50.6 Å². The molecule has 0 fully saturated rings. The molecule has 2 aliphatic rings. The Bertz CT molecular complexity index is 3310. The summed E-state index contributed by atoms with van der Waals surface area (Å²) in [6, 6.07) is 57.3. The maximum Gasteiger partial charge on any atom is 0.134 e. The number of imidazole rings is 1. The Morgan fingerprint density at radius 1 is 0.463 bits per heavy atom. The SMILES string of the molecule is C=CC1=C(C=C)C2(c3ccccc31)c1cc(-n3c4ccccc4c4cc5c6ccccc6n(-c6ccccc6)c5cc43)ccc1-n1c2nc2ccccc21. The van der Waals surface area contributed by atoms with E-state index in [9.17, 15) is 0 Å². The van der Waals surface area contributed by atoms with E-state index >= 15 is 0 Å². The summed E-state index contributed by atoms with van der Waals surface area (Å²) in [5.74, 6) is 0.992. The molecule has 4 heteroatoms. The molecule has 3 aromatic heterocycles. The van der Waals surface area contributed by atoms with E-state index in [2.05, 4.69) is 185 Å². The fourth-order valence-electron chi connectivity index (χ4n) is 9.92. The Balaban J connectivity index is 1.21. The first-order chi connectivity index (χ1) is 26.7. The van der Waals surface area contributed by atoms with Gasteiger partial charge in [-0.2, -0.15) is 0 Å². The van der Waals surface area contributed by atoms with E-state index in [1.54, 1.807) is 0 Å². The van der Waals surface area contributed by atoms with Crippen LogP contribution >= 0.6 is 0 Å². The van der Waals surface area contributed by atoms with Crippen LogP contribution in [-0.2, 0) is 5.41 Å². The van der Waals surface area contributed by atoms with Crippen molar-refractivity contribution in [3.05, 3.63) is 211 Å². The largest absolute Gasteiger partial charge is 0.309 e. The molecule has 4 heterocycles. The van der Waals surface area contributed by atoms with Gasteiger partial charge < -0.3 is 9.13 Å². The minimum atomic E-state index is -0.669. The quantitative estimate of drug-likeness (QED) is 0.181. The fourth-order valence-corrected chi connectivity index (χ4v) is 9.92. The number of benzene rings is 7. The third-order valence-electron chi connectivity index (χ3n) is 12.0. The van der Waals surface area contributed by atoms with Crippen LogP contribution < -0.4 is 0 Å². The van der Waals surface area contributed by atoms with Gasteiger partial charge in [-0.1, -0.05) is 116 Å². The molecular weight excluding hydrogens is 657 g/mol. The molecule has 0 saturated carbocycles. The number of rotatable bonds is 4. The van der Waals surface area contributed by atoms with E-state index in [1.165, 1.54) is 54.8 Å². The van der Waals surface area contributed by atoms with Gasteiger partial charge in [0.2, 0.25) is 0 Å². The molecule has 1 unspecified atom stereocenters. The van der Waals surface area contributed by atoms with Crippen molar-refractivity contribution in [1.29, 1.82) is 0 Å². The van der Waals surface area contributed by atoms with Crippen molar-refractivity contribution < 1.29 is 0 Å². The van der Waals surface area contributed by atoms with Crippen LogP contribution in [0.1, 0.15) is 22.5 Å². The molecule has 1 atom stereocenters. The molecule has 1 aliphatic carbocycles. The average Bonchev–Trinajstić information content (AvgIpc) is 4.00. The summed E-state index contributed by atoms with van der Waals surface area (Å²) in [6.07, 6.45) is 4.02. The Morgan fingerprint density at radius 2 is 1.09 bits per heavy atom. The molecule has 1 aliphatic heterocycles. The van der Waals surface area contributed by atoms with Gasteiger partial charge in [-0.25, -0.2) is 4.98 Å². The van der Waals surface area contributed by atoms with Crippen molar-refractivity contribution in [2.24, 2.45) is 0 Å². The highest BCUT2D eigenvalue weighted by molar-refractivity contribution is 6.19. The smallest absolute Gasteiger partial charge is 0.134 e. The number of nitrogens with zero attached hydrogens (tertiary/aromatic N) is 4. The first-order valence-corrected chi connectivity index (χ1v) is 18.5. The van der Waals surface area contributed by atoms with Crippen LogP contribution in [0, 0.1) is 0 Å². The van der Waals surface area contributed by atoms with Crippen LogP contribution in [-0.4, -0.2) is 18.7 Å². The lowest BCUT2D eigenvalue weighted by Crippen LogP contribution is -2.28. The molecule has 0 saturated heterocycles. The zero-order valence-corrected chi connectivity index (χ0v) is 29.4. The molecule has 12 rings (SSSR count). The molecule has 10 aromatic rings. The van der Waals surface area contributed by atoms with Gasteiger partial charge in [-0.3, -0.25) is 4.57 Å². The third kappa shape index (κ3) is 3.46. The standard InChI is InChI=1S/C50H32N4/c1-3-33-34-18-8-11-21-40(34)50(39(33)4-2)41-28-32(26-27-45(41)54-46-25-15-12-22-42(46)51-49(50)54)53-44-24-14-10-20-36(44)38-29-37-35-19-9-13-23-43(35)52(47(37)30-48(38)53)31-16-6-5-7-17-31/h3-30H,1-2H2. The lowest BCUT2D eigenvalue weighted by molar-refractivity contribution is 0.731. The maximum absolute atomic E-state index is 5.43. The van der Waals surface area contributed by atoms with E-state index in [1.807, 2.05) is 12.2 Å². The van der Waals surface area contributed by atoms with Crippen LogP contribution in [0.25, 0.3) is 77.3 Å². The number of hydrogen-bond donors (Lipinski definition) is 0. The Labute approximate surface area is 311 Å². The normalized spacial score (nSPS) is 15.9. The second-order valence-electron chi connectivity index (χ2n) is 14.4. The first kappa shape index (κ1) is 29.4. The summed E-state index contributed by atoms with van der Waals surface area (Å²) in [6.45, 7) is 8.73. The molecule has 0 radical (unpaired) electrons.